The van der Waals surface area contributed by atoms with Gasteiger partial charge in [0.1, 0.15) is 11.9 Å². The molecule has 2 aliphatic heterocycles. The van der Waals surface area contributed by atoms with Crippen molar-refractivity contribution in [3.05, 3.63) is 54.6 Å². The zero-order valence-electron chi connectivity index (χ0n) is 14.2. The molecule has 2 aliphatic rings. The number of pyridine rings is 2. The van der Waals surface area contributed by atoms with Crippen molar-refractivity contribution in [2.45, 2.75) is 44.2 Å². The summed E-state index contributed by atoms with van der Waals surface area (Å²) in [6.07, 6.45) is 14.4. The molecule has 1 unspecified atom stereocenters. The van der Waals surface area contributed by atoms with Gasteiger partial charge in [0.15, 0.2) is 0 Å². The summed E-state index contributed by atoms with van der Waals surface area (Å²) in [5.74, 6) is 0. The van der Waals surface area contributed by atoms with Crippen molar-refractivity contribution in [2.24, 2.45) is 0 Å². The molecule has 4 heteroatoms. The van der Waals surface area contributed by atoms with E-state index in [0.29, 0.717) is 0 Å². The first-order valence-electron chi connectivity index (χ1n) is 9.18. The molecule has 24 heavy (non-hydrogen) atoms. The predicted molar refractivity (Wildman–Crippen MR) is 95.6 cm³/mol. The van der Waals surface area contributed by atoms with Crippen molar-refractivity contribution in [3.63, 3.8) is 0 Å². The average Bonchev–Trinajstić information content (AvgIpc) is 2.70. The topological polar surface area (TPSA) is 32.3 Å². The van der Waals surface area contributed by atoms with Crippen LogP contribution < -0.4 is 4.90 Å². The summed E-state index contributed by atoms with van der Waals surface area (Å²) in [7, 11) is 0. The summed E-state index contributed by atoms with van der Waals surface area (Å²) in [4.78, 5) is 14.2. The van der Waals surface area contributed by atoms with Crippen LogP contribution in [0.25, 0.3) is 0 Å². The number of aromatic nitrogens is 2. The number of piperidine rings is 2. The third kappa shape index (κ3) is 2.69. The van der Waals surface area contributed by atoms with Gasteiger partial charge in [-0.3, -0.25) is 14.9 Å². The standard InChI is InChI=1S/C20H25N4/c1-5-14-23(15-6-1)20(19-10-2-4-13-22-19)11-3-7-16-24(20)18-9-8-12-21-17-18/h2,4,8-10,12-13H,1,3,5-7,11,14-16H2. The summed E-state index contributed by atoms with van der Waals surface area (Å²) in [5.41, 5.74) is 2.11. The highest BCUT2D eigenvalue weighted by molar-refractivity contribution is 5.48. The van der Waals surface area contributed by atoms with Crippen molar-refractivity contribution in [3.8, 4) is 0 Å². The van der Waals surface area contributed by atoms with Gasteiger partial charge in [-0.05, 0) is 56.4 Å². The largest absolute Gasteiger partial charge is 0.346 e. The van der Waals surface area contributed by atoms with Crippen LogP contribution in [0.3, 0.4) is 0 Å². The SMILES string of the molecule is [c]1ncccc1N1CCCCC1(c1ccccn1)N1CCCCC1. The van der Waals surface area contributed by atoms with Gasteiger partial charge < -0.3 is 4.90 Å². The van der Waals surface area contributed by atoms with Gasteiger partial charge >= 0.3 is 0 Å². The van der Waals surface area contributed by atoms with Crippen LogP contribution in [-0.2, 0) is 5.66 Å². The average molecular weight is 321 g/mol. The Morgan fingerprint density at radius 1 is 0.875 bits per heavy atom. The Morgan fingerprint density at radius 3 is 2.50 bits per heavy atom. The lowest BCUT2D eigenvalue weighted by Crippen LogP contribution is -2.62. The van der Waals surface area contributed by atoms with Crippen LogP contribution in [0.5, 0.6) is 0 Å². The van der Waals surface area contributed by atoms with Gasteiger partial charge in [0.25, 0.3) is 0 Å². The molecule has 2 saturated heterocycles. The molecule has 0 amide bonds. The molecule has 4 nitrogen and oxygen atoms in total. The van der Waals surface area contributed by atoms with E-state index in [2.05, 4.69) is 39.2 Å². The first-order valence-corrected chi connectivity index (χ1v) is 9.18. The quantitative estimate of drug-likeness (QED) is 0.864. The first kappa shape index (κ1) is 15.6. The summed E-state index contributed by atoms with van der Waals surface area (Å²) in [5, 5.41) is 0. The van der Waals surface area contributed by atoms with Gasteiger partial charge in [-0.15, -0.1) is 0 Å². The van der Waals surface area contributed by atoms with Crippen molar-refractivity contribution < 1.29 is 0 Å². The molecular weight excluding hydrogens is 296 g/mol. The van der Waals surface area contributed by atoms with E-state index in [1.54, 1.807) is 6.20 Å². The molecule has 0 saturated carbocycles. The minimum atomic E-state index is -0.153. The summed E-state index contributed by atoms with van der Waals surface area (Å²) < 4.78 is 0. The number of rotatable bonds is 3. The zero-order valence-corrected chi connectivity index (χ0v) is 14.2. The highest BCUT2D eigenvalue weighted by atomic mass is 15.4. The Morgan fingerprint density at radius 2 is 1.75 bits per heavy atom. The molecule has 0 aromatic carbocycles. The van der Waals surface area contributed by atoms with Crippen molar-refractivity contribution in [1.82, 2.24) is 14.9 Å². The van der Waals surface area contributed by atoms with Crippen LogP contribution in [0.2, 0.25) is 0 Å². The molecule has 0 bridgehead atoms. The third-order valence-corrected chi connectivity index (χ3v) is 5.44. The van der Waals surface area contributed by atoms with Crippen molar-refractivity contribution in [1.29, 1.82) is 0 Å². The second-order valence-electron chi connectivity index (χ2n) is 6.82. The predicted octanol–water partition coefficient (Wildman–Crippen LogP) is 3.61. The Balaban J connectivity index is 1.83. The molecule has 2 aromatic rings. The Bertz CT molecular complexity index is 639. The molecule has 2 fully saturated rings. The molecule has 1 radical (unpaired) electrons. The molecule has 4 heterocycles. The van der Waals surface area contributed by atoms with Crippen LogP contribution >= 0.6 is 0 Å². The Labute approximate surface area is 144 Å². The van der Waals surface area contributed by atoms with E-state index >= 15 is 0 Å². The lowest BCUT2D eigenvalue weighted by molar-refractivity contribution is 0.0346. The third-order valence-electron chi connectivity index (χ3n) is 5.44. The fraction of sp³-hybridized carbons (Fsp3) is 0.500. The van der Waals surface area contributed by atoms with Gasteiger partial charge in [-0.2, -0.15) is 0 Å². The summed E-state index contributed by atoms with van der Waals surface area (Å²) in [6, 6.07) is 10.5. The number of hydrogen-bond acceptors (Lipinski definition) is 4. The lowest BCUT2D eigenvalue weighted by atomic mass is 9.87. The fourth-order valence-corrected chi connectivity index (χ4v) is 4.37. The molecule has 0 spiro atoms. The second-order valence-corrected chi connectivity index (χ2v) is 6.82. The number of likely N-dealkylation sites (tertiary alicyclic amines) is 1. The van der Waals surface area contributed by atoms with Crippen LogP contribution in [0.1, 0.15) is 44.2 Å². The minimum absolute atomic E-state index is 0.153. The van der Waals surface area contributed by atoms with Gasteiger partial charge in [0.2, 0.25) is 0 Å². The van der Waals surface area contributed by atoms with E-state index in [1.165, 1.54) is 37.8 Å². The number of anilines is 1. The van der Waals surface area contributed by atoms with Crippen LogP contribution in [0, 0.1) is 6.20 Å². The smallest absolute Gasteiger partial charge is 0.137 e. The molecular formula is C20H25N4. The van der Waals surface area contributed by atoms with E-state index < -0.39 is 0 Å². The number of nitrogens with zero attached hydrogens (tertiary/aromatic N) is 4. The molecule has 0 aliphatic carbocycles. The molecule has 0 N–H and O–H groups in total. The van der Waals surface area contributed by atoms with E-state index in [-0.39, 0.29) is 5.66 Å². The Hall–Kier alpha value is -1.94. The van der Waals surface area contributed by atoms with Gasteiger partial charge in [-0.1, -0.05) is 12.5 Å². The normalized spacial score (nSPS) is 25.6. The molecule has 4 rings (SSSR count). The van der Waals surface area contributed by atoms with Crippen molar-refractivity contribution in [2.75, 3.05) is 24.5 Å². The second kappa shape index (κ2) is 6.89. The van der Waals surface area contributed by atoms with Gasteiger partial charge in [0.05, 0.1) is 11.4 Å². The van der Waals surface area contributed by atoms with Crippen molar-refractivity contribution >= 4 is 5.69 Å². The summed E-state index contributed by atoms with van der Waals surface area (Å²) in [6.45, 7) is 3.33. The monoisotopic (exact) mass is 321 g/mol. The molecule has 1 atom stereocenters. The summed E-state index contributed by atoms with van der Waals surface area (Å²) >= 11 is 0. The van der Waals surface area contributed by atoms with E-state index in [9.17, 15) is 0 Å². The van der Waals surface area contributed by atoms with E-state index in [1.807, 2.05) is 18.3 Å². The minimum Gasteiger partial charge on any atom is -0.346 e. The van der Waals surface area contributed by atoms with E-state index in [0.717, 1.165) is 31.7 Å². The maximum atomic E-state index is 4.81. The van der Waals surface area contributed by atoms with Gasteiger partial charge in [-0.25, -0.2) is 0 Å². The van der Waals surface area contributed by atoms with Crippen LogP contribution in [-0.4, -0.2) is 34.5 Å². The highest BCUT2D eigenvalue weighted by Crippen LogP contribution is 2.43. The highest BCUT2D eigenvalue weighted by Gasteiger charge is 2.47. The van der Waals surface area contributed by atoms with E-state index in [4.69, 9.17) is 4.98 Å². The zero-order chi connectivity index (χ0) is 16.2. The van der Waals surface area contributed by atoms with Crippen LogP contribution in [0.4, 0.5) is 5.69 Å². The Kier molecular flexibility index (Phi) is 4.48. The molecule has 125 valence electrons. The fourth-order valence-electron chi connectivity index (χ4n) is 4.37. The molecule has 2 aromatic heterocycles. The maximum Gasteiger partial charge on any atom is 0.137 e. The maximum absolute atomic E-state index is 4.81. The lowest BCUT2D eigenvalue weighted by Gasteiger charge is -2.55. The number of hydrogen-bond donors (Lipinski definition) is 0. The van der Waals surface area contributed by atoms with Gasteiger partial charge in [0, 0.05) is 32.0 Å². The first-order chi connectivity index (χ1) is 11.9. The van der Waals surface area contributed by atoms with Crippen LogP contribution in [0.15, 0.2) is 42.7 Å².